The predicted octanol–water partition coefficient (Wildman–Crippen LogP) is 4.03. The van der Waals surface area contributed by atoms with Crippen LogP contribution < -0.4 is 11.1 Å². The fourth-order valence-electron chi connectivity index (χ4n) is 2.04. The molecule has 4 nitrogen and oxygen atoms in total. The normalized spacial score (nSPS) is 10.7. The second-order valence-corrected chi connectivity index (χ2v) is 5.39. The Morgan fingerprint density at radius 2 is 2.00 bits per heavy atom. The first-order valence-electron chi connectivity index (χ1n) is 6.17. The van der Waals surface area contributed by atoms with Gasteiger partial charge in [0.25, 0.3) is 0 Å². The number of fused-ring (bicyclic) bond motifs is 1. The molecule has 0 aliphatic rings. The van der Waals surface area contributed by atoms with E-state index in [1.165, 1.54) is 0 Å². The van der Waals surface area contributed by atoms with Gasteiger partial charge in [-0.05, 0) is 42.8 Å². The Labute approximate surface area is 125 Å². The van der Waals surface area contributed by atoms with Gasteiger partial charge in [0.2, 0.25) is 0 Å². The first-order valence-corrected chi connectivity index (χ1v) is 6.97. The minimum absolute atomic E-state index is 0.696. The number of anilines is 3. The first kappa shape index (κ1) is 12.9. The molecule has 1 heterocycles. The monoisotopic (exact) mass is 328 g/mol. The molecule has 0 saturated heterocycles. The van der Waals surface area contributed by atoms with Crippen molar-refractivity contribution < 1.29 is 0 Å². The Hall–Kier alpha value is -2.14. The van der Waals surface area contributed by atoms with Crippen molar-refractivity contribution in [2.45, 2.75) is 6.92 Å². The zero-order valence-corrected chi connectivity index (χ0v) is 12.5. The van der Waals surface area contributed by atoms with Gasteiger partial charge in [-0.25, -0.2) is 9.97 Å². The molecule has 0 amide bonds. The maximum absolute atomic E-state index is 5.85. The molecular weight excluding hydrogens is 316 g/mol. The molecule has 2 aromatic carbocycles. The highest BCUT2D eigenvalue weighted by Gasteiger charge is 2.07. The highest BCUT2D eigenvalue weighted by atomic mass is 79.9. The number of rotatable bonds is 2. The largest absolute Gasteiger partial charge is 0.399 e. The zero-order valence-electron chi connectivity index (χ0n) is 10.9. The lowest BCUT2D eigenvalue weighted by Crippen LogP contribution is -1.98. The number of hydrogen-bond acceptors (Lipinski definition) is 4. The van der Waals surface area contributed by atoms with Crippen molar-refractivity contribution in [3.05, 3.63) is 52.8 Å². The Balaban J connectivity index is 2.11. The molecule has 3 rings (SSSR count). The van der Waals surface area contributed by atoms with Crippen molar-refractivity contribution in [1.82, 2.24) is 9.97 Å². The lowest BCUT2D eigenvalue weighted by Gasteiger charge is -2.12. The third-order valence-electron chi connectivity index (χ3n) is 3.18. The summed E-state index contributed by atoms with van der Waals surface area (Å²) in [6, 6.07) is 11.6. The summed E-state index contributed by atoms with van der Waals surface area (Å²) < 4.78 is 1.06. The van der Waals surface area contributed by atoms with Gasteiger partial charge < -0.3 is 11.1 Å². The Morgan fingerprint density at radius 3 is 2.85 bits per heavy atom. The minimum atomic E-state index is 0.696. The molecule has 0 atom stereocenters. The molecule has 0 unspecified atom stereocenters. The molecule has 20 heavy (non-hydrogen) atoms. The van der Waals surface area contributed by atoms with Crippen molar-refractivity contribution in [3.8, 4) is 0 Å². The van der Waals surface area contributed by atoms with Crippen molar-refractivity contribution in [2.24, 2.45) is 0 Å². The van der Waals surface area contributed by atoms with E-state index in [1.807, 2.05) is 43.3 Å². The maximum atomic E-state index is 5.85. The fraction of sp³-hybridized carbons (Fsp3) is 0.0667. The molecule has 5 heteroatoms. The number of aromatic nitrogens is 2. The number of halogens is 1. The molecule has 0 spiro atoms. The number of nitrogens with two attached hydrogens (primary N) is 1. The Morgan fingerprint density at radius 1 is 1.15 bits per heavy atom. The van der Waals surface area contributed by atoms with Gasteiger partial charge in [0.1, 0.15) is 12.1 Å². The molecule has 0 radical (unpaired) electrons. The van der Waals surface area contributed by atoms with Crippen LogP contribution in [0.4, 0.5) is 17.2 Å². The average Bonchev–Trinajstić information content (AvgIpc) is 2.44. The van der Waals surface area contributed by atoms with Crippen LogP contribution in [0.5, 0.6) is 0 Å². The smallest absolute Gasteiger partial charge is 0.141 e. The number of hydrogen-bond donors (Lipinski definition) is 2. The van der Waals surface area contributed by atoms with Crippen LogP contribution in [0.25, 0.3) is 10.9 Å². The lowest BCUT2D eigenvalue weighted by atomic mass is 10.2. The molecule has 1 aromatic heterocycles. The quantitative estimate of drug-likeness (QED) is 0.697. The molecule has 0 aliphatic carbocycles. The van der Waals surface area contributed by atoms with Crippen LogP contribution in [0.2, 0.25) is 0 Å². The fourth-order valence-corrected chi connectivity index (χ4v) is 2.41. The molecule has 0 bridgehead atoms. The van der Waals surface area contributed by atoms with Crippen LogP contribution in [0.15, 0.2) is 47.2 Å². The van der Waals surface area contributed by atoms with Crippen LogP contribution in [-0.2, 0) is 0 Å². The van der Waals surface area contributed by atoms with Crippen LogP contribution in [0.1, 0.15) is 5.56 Å². The van der Waals surface area contributed by atoms with Gasteiger partial charge in [-0.15, -0.1) is 0 Å². The van der Waals surface area contributed by atoms with E-state index in [-0.39, 0.29) is 0 Å². The summed E-state index contributed by atoms with van der Waals surface area (Å²) in [5.41, 5.74) is 9.54. The van der Waals surface area contributed by atoms with Crippen LogP contribution in [-0.4, -0.2) is 9.97 Å². The van der Waals surface area contributed by atoms with E-state index in [9.17, 15) is 0 Å². The molecule has 3 aromatic rings. The van der Waals surface area contributed by atoms with Gasteiger partial charge in [0.15, 0.2) is 0 Å². The third-order valence-corrected chi connectivity index (χ3v) is 4.04. The number of benzene rings is 2. The van der Waals surface area contributed by atoms with Crippen LogP contribution >= 0.6 is 15.9 Å². The van der Waals surface area contributed by atoms with E-state index in [1.54, 1.807) is 6.33 Å². The number of nitrogens with zero attached hydrogens (tertiary/aromatic N) is 2. The first-order chi connectivity index (χ1) is 9.65. The predicted molar refractivity (Wildman–Crippen MR) is 86.1 cm³/mol. The van der Waals surface area contributed by atoms with Gasteiger partial charge in [-0.1, -0.05) is 22.0 Å². The van der Waals surface area contributed by atoms with Gasteiger partial charge in [0.05, 0.1) is 5.52 Å². The van der Waals surface area contributed by atoms with Crippen molar-refractivity contribution >= 4 is 44.0 Å². The third kappa shape index (κ3) is 2.32. The Bertz CT molecular complexity index is 786. The standard InChI is InChI=1S/C15H13BrN4/c1-9-12(16)3-2-4-13(9)20-15-11-7-10(17)5-6-14(11)18-8-19-15/h2-8H,17H2,1H3,(H,18,19,20). The van der Waals surface area contributed by atoms with E-state index < -0.39 is 0 Å². The molecule has 100 valence electrons. The van der Waals surface area contributed by atoms with E-state index in [4.69, 9.17) is 5.73 Å². The highest BCUT2D eigenvalue weighted by molar-refractivity contribution is 9.10. The summed E-state index contributed by atoms with van der Waals surface area (Å²) in [5.74, 6) is 0.753. The van der Waals surface area contributed by atoms with Gasteiger partial charge in [-0.2, -0.15) is 0 Å². The zero-order chi connectivity index (χ0) is 14.1. The average molecular weight is 329 g/mol. The van der Waals surface area contributed by atoms with Crippen molar-refractivity contribution in [1.29, 1.82) is 0 Å². The van der Waals surface area contributed by atoms with Crippen molar-refractivity contribution in [2.75, 3.05) is 11.1 Å². The van der Waals surface area contributed by atoms with Crippen LogP contribution in [0, 0.1) is 6.92 Å². The lowest BCUT2D eigenvalue weighted by molar-refractivity contribution is 1.21. The summed E-state index contributed by atoms with van der Waals surface area (Å²) in [4.78, 5) is 8.57. The van der Waals surface area contributed by atoms with Crippen molar-refractivity contribution in [3.63, 3.8) is 0 Å². The van der Waals surface area contributed by atoms with E-state index in [0.717, 1.165) is 32.4 Å². The topological polar surface area (TPSA) is 63.8 Å². The van der Waals surface area contributed by atoms with Gasteiger partial charge in [0, 0.05) is 21.2 Å². The summed E-state index contributed by atoms with van der Waals surface area (Å²) in [5, 5.41) is 4.26. The van der Waals surface area contributed by atoms with E-state index >= 15 is 0 Å². The number of nitrogens with one attached hydrogen (secondary N) is 1. The molecule has 0 saturated carbocycles. The second-order valence-electron chi connectivity index (χ2n) is 4.54. The minimum Gasteiger partial charge on any atom is -0.399 e. The summed E-state index contributed by atoms with van der Waals surface area (Å²) in [6.07, 6.45) is 1.55. The SMILES string of the molecule is Cc1c(Br)cccc1Nc1ncnc2ccc(N)cc12. The summed E-state index contributed by atoms with van der Waals surface area (Å²) in [6.45, 7) is 2.05. The van der Waals surface area contributed by atoms with E-state index in [0.29, 0.717) is 5.69 Å². The molecule has 0 aliphatic heterocycles. The summed E-state index contributed by atoms with van der Waals surface area (Å²) in [7, 11) is 0. The van der Waals surface area contributed by atoms with Gasteiger partial charge in [-0.3, -0.25) is 0 Å². The number of nitrogen functional groups attached to an aromatic ring is 1. The van der Waals surface area contributed by atoms with Crippen LogP contribution in [0.3, 0.4) is 0 Å². The molecule has 3 N–H and O–H groups in total. The summed E-state index contributed by atoms with van der Waals surface area (Å²) >= 11 is 3.53. The van der Waals surface area contributed by atoms with E-state index in [2.05, 4.69) is 31.2 Å². The maximum Gasteiger partial charge on any atom is 0.141 e. The van der Waals surface area contributed by atoms with Gasteiger partial charge >= 0.3 is 0 Å². The Kier molecular flexibility index (Phi) is 3.28. The molecular formula is C15H13BrN4. The molecule has 0 fully saturated rings. The second kappa shape index (κ2) is 5.09. The highest BCUT2D eigenvalue weighted by Crippen LogP contribution is 2.29.